The standard InChI is InChI=1S/C8H14FNO/c1-8(2,3)5-4-10-7(11)6(5)9/h5-6H,4H2,1-3H3,(H,10,11)/t5-,6-/m0/s1. The summed E-state index contributed by atoms with van der Waals surface area (Å²) in [4.78, 5) is 10.7. The van der Waals surface area contributed by atoms with Crippen molar-refractivity contribution in [3.05, 3.63) is 0 Å². The Morgan fingerprint density at radius 3 is 2.27 bits per heavy atom. The average Bonchev–Trinajstić information content (AvgIpc) is 2.11. The Labute approximate surface area is 66.2 Å². The molecule has 0 spiro atoms. The average molecular weight is 159 g/mol. The van der Waals surface area contributed by atoms with Crippen LogP contribution in [0.15, 0.2) is 0 Å². The summed E-state index contributed by atoms with van der Waals surface area (Å²) >= 11 is 0. The molecule has 0 radical (unpaired) electrons. The number of hydrogen-bond acceptors (Lipinski definition) is 1. The van der Waals surface area contributed by atoms with Gasteiger partial charge < -0.3 is 5.32 Å². The Kier molecular flexibility index (Phi) is 1.90. The van der Waals surface area contributed by atoms with Crippen molar-refractivity contribution in [1.29, 1.82) is 0 Å². The van der Waals surface area contributed by atoms with Gasteiger partial charge in [0, 0.05) is 12.5 Å². The van der Waals surface area contributed by atoms with Crippen molar-refractivity contribution in [3.8, 4) is 0 Å². The van der Waals surface area contributed by atoms with Gasteiger partial charge in [0.2, 0.25) is 0 Å². The van der Waals surface area contributed by atoms with Gasteiger partial charge in [-0.3, -0.25) is 4.79 Å². The Bertz CT molecular complexity index is 173. The lowest BCUT2D eigenvalue weighted by molar-refractivity contribution is -0.124. The van der Waals surface area contributed by atoms with Crippen molar-refractivity contribution >= 4 is 5.91 Å². The predicted octanol–water partition coefficient (Wildman–Crippen LogP) is 1.12. The molecule has 11 heavy (non-hydrogen) atoms. The third-order valence-electron chi connectivity index (χ3n) is 2.21. The summed E-state index contributed by atoms with van der Waals surface area (Å²) in [5.74, 6) is -0.625. The maximum absolute atomic E-state index is 13.1. The fourth-order valence-electron chi connectivity index (χ4n) is 1.34. The molecule has 0 aromatic carbocycles. The zero-order chi connectivity index (χ0) is 8.65. The molecule has 1 aliphatic rings. The maximum atomic E-state index is 13.1. The summed E-state index contributed by atoms with van der Waals surface area (Å²) in [6, 6.07) is 0. The second-order valence-corrected chi connectivity index (χ2v) is 4.12. The van der Waals surface area contributed by atoms with Crippen molar-refractivity contribution < 1.29 is 9.18 Å². The lowest BCUT2D eigenvalue weighted by Gasteiger charge is -2.26. The first kappa shape index (κ1) is 8.50. The molecular formula is C8H14FNO. The van der Waals surface area contributed by atoms with Crippen LogP contribution < -0.4 is 5.32 Å². The molecule has 0 saturated carbocycles. The smallest absolute Gasteiger partial charge is 0.254 e. The molecule has 1 N–H and O–H groups in total. The summed E-state index contributed by atoms with van der Waals surface area (Å²) < 4.78 is 13.1. The van der Waals surface area contributed by atoms with Crippen LogP contribution in [0.5, 0.6) is 0 Å². The van der Waals surface area contributed by atoms with E-state index in [1.54, 1.807) is 0 Å². The van der Waals surface area contributed by atoms with Crippen molar-refractivity contribution in [2.75, 3.05) is 6.54 Å². The van der Waals surface area contributed by atoms with Crippen LogP contribution in [0.1, 0.15) is 20.8 Å². The van der Waals surface area contributed by atoms with Gasteiger partial charge in [-0.05, 0) is 5.41 Å². The number of hydrogen-bond donors (Lipinski definition) is 1. The first-order valence-corrected chi connectivity index (χ1v) is 3.84. The Morgan fingerprint density at radius 1 is 1.55 bits per heavy atom. The van der Waals surface area contributed by atoms with E-state index in [4.69, 9.17) is 0 Å². The second kappa shape index (κ2) is 2.47. The van der Waals surface area contributed by atoms with Gasteiger partial charge in [-0.1, -0.05) is 20.8 Å². The molecule has 1 rings (SSSR count). The highest BCUT2D eigenvalue weighted by atomic mass is 19.1. The van der Waals surface area contributed by atoms with Gasteiger partial charge in [0.15, 0.2) is 6.17 Å². The Balaban J connectivity index is 2.70. The summed E-state index contributed by atoms with van der Waals surface area (Å²) in [6.45, 7) is 6.32. The fraction of sp³-hybridized carbons (Fsp3) is 0.875. The number of carbonyl (C=O) groups excluding carboxylic acids is 1. The number of alkyl halides is 1. The number of nitrogens with one attached hydrogen (secondary N) is 1. The molecule has 0 aromatic heterocycles. The van der Waals surface area contributed by atoms with Gasteiger partial charge >= 0.3 is 0 Å². The first-order valence-electron chi connectivity index (χ1n) is 3.84. The second-order valence-electron chi connectivity index (χ2n) is 4.12. The van der Waals surface area contributed by atoms with Crippen molar-refractivity contribution in [2.45, 2.75) is 26.9 Å². The van der Waals surface area contributed by atoms with Gasteiger partial charge in [-0.2, -0.15) is 0 Å². The van der Waals surface area contributed by atoms with E-state index in [1.807, 2.05) is 20.8 Å². The van der Waals surface area contributed by atoms with Gasteiger partial charge in [0.1, 0.15) is 0 Å². The predicted molar refractivity (Wildman–Crippen MR) is 40.9 cm³/mol. The summed E-state index contributed by atoms with van der Waals surface area (Å²) in [6.07, 6.45) is -1.31. The van der Waals surface area contributed by atoms with Crippen molar-refractivity contribution in [1.82, 2.24) is 5.32 Å². The molecule has 64 valence electrons. The lowest BCUT2D eigenvalue weighted by atomic mass is 9.79. The number of rotatable bonds is 0. The van der Waals surface area contributed by atoms with Gasteiger partial charge in [-0.15, -0.1) is 0 Å². The van der Waals surface area contributed by atoms with E-state index in [9.17, 15) is 9.18 Å². The summed E-state index contributed by atoms with van der Waals surface area (Å²) in [5.41, 5.74) is -0.126. The topological polar surface area (TPSA) is 29.1 Å². The highest BCUT2D eigenvalue weighted by molar-refractivity contribution is 5.83. The van der Waals surface area contributed by atoms with E-state index < -0.39 is 12.1 Å². The quantitative estimate of drug-likeness (QED) is 0.563. The SMILES string of the molecule is CC(C)(C)[C@H]1CNC(=O)[C@H]1F. The largest absolute Gasteiger partial charge is 0.353 e. The van der Waals surface area contributed by atoms with E-state index in [0.717, 1.165) is 0 Å². The molecule has 1 amide bonds. The molecule has 1 saturated heterocycles. The van der Waals surface area contributed by atoms with Crippen LogP contribution >= 0.6 is 0 Å². The zero-order valence-corrected chi connectivity index (χ0v) is 7.15. The third-order valence-corrected chi connectivity index (χ3v) is 2.21. The van der Waals surface area contributed by atoms with Crippen LogP contribution in [-0.2, 0) is 4.79 Å². The van der Waals surface area contributed by atoms with Crippen molar-refractivity contribution in [3.63, 3.8) is 0 Å². The van der Waals surface area contributed by atoms with Gasteiger partial charge in [0.05, 0.1) is 0 Å². The lowest BCUT2D eigenvalue weighted by Crippen LogP contribution is -2.29. The molecule has 1 heterocycles. The van der Waals surface area contributed by atoms with Crippen LogP contribution in [-0.4, -0.2) is 18.6 Å². The minimum Gasteiger partial charge on any atom is -0.353 e. The fourth-order valence-corrected chi connectivity index (χ4v) is 1.34. The van der Waals surface area contributed by atoms with Crippen LogP contribution in [0, 0.1) is 11.3 Å². The van der Waals surface area contributed by atoms with Crippen LogP contribution in [0.2, 0.25) is 0 Å². The summed E-state index contributed by atoms with van der Waals surface area (Å²) in [5, 5.41) is 2.51. The molecule has 2 atom stereocenters. The van der Waals surface area contributed by atoms with Gasteiger partial charge in [0.25, 0.3) is 5.91 Å². The van der Waals surface area contributed by atoms with Crippen LogP contribution in [0.4, 0.5) is 4.39 Å². The van der Waals surface area contributed by atoms with Gasteiger partial charge in [-0.25, -0.2) is 4.39 Å². The first-order chi connectivity index (χ1) is 4.93. The molecule has 0 aliphatic carbocycles. The molecular weight excluding hydrogens is 145 g/mol. The highest BCUT2D eigenvalue weighted by Gasteiger charge is 2.41. The van der Waals surface area contributed by atoms with E-state index in [0.29, 0.717) is 6.54 Å². The molecule has 0 unspecified atom stereocenters. The Hall–Kier alpha value is -0.600. The number of halogens is 1. The molecule has 2 nitrogen and oxygen atoms in total. The van der Waals surface area contributed by atoms with E-state index >= 15 is 0 Å². The molecule has 0 aromatic rings. The minimum absolute atomic E-state index is 0.126. The monoisotopic (exact) mass is 159 g/mol. The molecule has 0 bridgehead atoms. The van der Waals surface area contributed by atoms with E-state index in [1.165, 1.54) is 0 Å². The van der Waals surface area contributed by atoms with Crippen LogP contribution in [0.25, 0.3) is 0 Å². The third kappa shape index (κ3) is 1.52. The van der Waals surface area contributed by atoms with E-state index in [2.05, 4.69) is 5.32 Å². The minimum atomic E-state index is -1.31. The molecule has 3 heteroatoms. The number of amides is 1. The summed E-state index contributed by atoms with van der Waals surface area (Å²) in [7, 11) is 0. The molecule has 1 aliphatic heterocycles. The van der Waals surface area contributed by atoms with E-state index in [-0.39, 0.29) is 11.3 Å². The van der Waals surface area contributed by atoms with Crippen LogP contribution in [0.3, 0.4) is 0 Å². The maximum Gasteiger partial charge on any atom is 0.254 e. The normalized spacial score (nSPS) is 32.2. The highest BCUT2D eigenvalue weighted by Crippen LogP contribution is 2.32. The Morgan fingerprint density at radius 2 is 2.09 bits per heavy atom. The molecule has 1 fully saturated rings. The zero-order valence-electron chi connectivity index (χ0n) is 7.15. The number of carbonyl (C=O) groups is 1. The van der Waals surface area contributed by atoms with Crippen molar-refractivity contribution in [2.24, 2.45) is 11.3 Å².